The Balaban J connectivity index is 3.64. The Bertz CT molecular complexity index is 518. The van der Waals surface area contributed by atoms with Crippen molar-refractivity contribution in [3.05, 3.63) is 33.9 Å². The van der Waals surface area contributed by atoms with Crippen LogP contribution in [0.1, 0.15) is 71.0 Å². The average Bonchev–Trinajstić information content (AvgIpc) is 2.42. The normalized spacial score (nSPS) is 10.6. The van der Waals surface area contributed by atoms with E-state index in [0.29, 0.717) is 18.4 Å². The Morgan fingerprint density at radius 1 is 1.00 bits per heavy atom. The third-order valence-corrected chi connectivity index (χ3v) is 3.60. The van der Waals surface area contributed by atoms with Crippen molar-refractivity contribution in [1.29, 1.82) is 0 Å². The average molecular weight is 278 g/mol. The molecule has 0 spiro atoms. The molecule has 0 saturated heterocycles. The molecule has 1 rings (SSSR count). The van der Waals surface area contributed by atoms with Crippen LogP contribution < -0.4 is 0 Å². The molecule has 0 radical (unpaired) electrons. The van der Waals surface area contributed by atoms with Crippen molar-refractivity contribution in [2.24, 2.45) is 0 Å². The summed E-state index contributed by atoms with van der Waals surface area (Å²) >= 11 is 0. The number of hydrogen-bond donors (Lipinski definition) is 2. The SMILES string of the molecule is CCCCc1c(CC)c(CC)cc(C(=O)O)c1C(=O)O. The minimum atomic E-state index is -1.17. The molecule has 4 heteroatoms. The molecule has 0 amide bonds. The quantitative estimate of drug-likeness (QED) is 0.799. The number of carbonyl (C=O) groups is 2. The van der Waals surface area contributed by atoms with Crippen LogP contribution in [0.2, 0.25) is 0 Å². The Kier molecular flexibility index (Phi) is 5.74. The van der Waals surface area contributed by atoms with Gasteiger partial charge in [-0.15, -0.1) is 0 Å². The molecule has 110 valence electrons. The van der Waals surface area contributed by atoms with E-state index in [9.17, 15) is 19.8 Å². The second-order valence-corrected chi connectivity index (χ2v) is 4.84. The largest absolute Gasteiger partial charge is 0.478 e. The van der Waals surface area contributed by atoms with Crippen molar-refractivity contribution >= 4 is 11.9 Å². The van der Waals surface area contributed by atoms with Crippen molar-refractivity contribution in [2.45, 2.75) is 52.9 Å². The monoisotopic (exact) mass is 278 g/mol. The van der Waals surface area contributed by atoms with Crippen molar-refractivity contribution in [2.75, 3.05) is 0 Å². The molecule has 0 saturated carbocycles. The second kappa shape index (κ2) is 7.08. The molecule has 0 aliphatic heterocycles. The van der Waals surface area contributed by atoms with Crippen molar-refractivity contribution in [3.63, 3.8) is 0 Å². The highest BCUT2D eigenvalue weighted by atomic mass is 16.4. The Morgan fingerprint density at radius 2 is 1.65 bits per heavy atom. The Hall–Kier alpha value is -1.84. The van der Waals surface area contributed by atoms with E-state index in [0.717, 1.165) is 30.4 Å². The predicted molar refractivity (Wildman–Crippen MR) is 77.7 cm³/mol. The fourth-order valence-corrected chi connectivity index (χ4v) is 2.64. The van der Waals surface area contributed by atoms with E-state index in [2.05, 4.69) is 0 Å². The molecule has 0 unspecified atom stereocenters. The molecule has 1 aromatic rings. The van der Waals surface area contributed by atoms with Gasteiger partial charge in [0.1, 0.15) is 0 Å². The van der Waals surface area contributed by atoms with Gasteiger partial charge in [0.15, 0.2) is 0 Å². The van der Waals surface area contributed by atoms with E-state index in [1.165, 1.54) is 6.07 Å². The molecule has 0 bridgehead atoms. The predicted octanol–water partition coefficient (Wildman–Crippen LogP) is 3.55. The number of carboxylic acids is 2. The summed E-state index contributed by atoms with van der Waals surface area (Å²) in [5.41, 5.74) is 2.54. The number of aryl methyl sites for hydroxylation is 1. The Morgan fingerprint density at radius 3 is 2.05 bits per heavy atom. The van der Waals surface area contributed by atoms with Gasteiger partial charge in [-0.3, -0.25) is 0 Å². The number of aromatic carboxylic acids is 2. The first kappa shape index (κ1) is 16.2. The summed E-state index contributed by atoms with van der Waals surface area (Å²) in [6, 6.07) is 1.53. The molecule has 0 fully saturated rings. The van der Waals surface area contributed by atoms with Crippen LogP contribution >= 0.6 is 0 Å². The molecule has 0 aliphatic carbocycles. The van der Waals surface area contributed by atoms with Gasteiger partial charge in [0, 0.05) is 0 Å². The smallest absolute Gasteiger partial charge is 0.336 e. The van der Waals surface area contributed by atoms with E-state index in [1.807, 2.05) is 20.8 Å². The van der Waals surface area contributed by atoms with Crippen LogP contribution in [-0.2, 0) is 19.3 Å². The van der Waals surface area contributed by atoms with Gasteiger partial charge in [0.05, 0.1) is 11.1 Å². The highest BCUT2D eigenvalue weighted by molar-refractivity contribution is 6.03. The summed E-state index contributed by atoms with van der Waals surface area (Å²) in [6.45, 7) is 5.98. The summed E-state index contributed by atoms with van der Waals surface area (Å²) < 4.78 is 0. The third-order valence-electron chi connectivity index (χ3n) is 3.60. The number of carboxylic acid groups (broad SMARTS) is 2. The summed E-state index contributed by atoms with van der Waals surface area (Å²) in [5, 5.41) is 18.7. The molecular weight excluding hydrogens is 256 g/mol. The van der Waals surface area contributed by atoms with E-state index in [4.69, 9.17) is 0 Å². The molecule has 1 aromatic carbocycles. The highest BCUT2D eigenvalue weighted by Crippen LogP contribution is 2.27. The van der Waals surface area contributed by atoms with Gasteiger partial charge in [-0.2, -0.15) is 0 Å². The summed E-state index contributed by atoms with van der Waals surface area (Å²) in [5.74, 6) is -2.32. The first-order chi connectivity index (χ1) is 9.47. The second-order valence-electron chi connectivity index (χ2n) is 4.84. The number of rotatable bonds is 7. The Labute approximate surface area is 119 Å². The molecule has 4 nitrogen and oxygen atoms in total. The summed E-state index contributed by atoms with van der Waals surface area (Å²) in [6.07, 6.45) is 3.86. The lowest BCUT2D eigenvalue weighted by Gasteiger charge is -2.18. The molecular formula is C16H22O4. The molecule has 0 heterocycles. The lowest BCUT2D eigenvalue weighted by Crippen LogP contribution is -2.16. The van der Waals surface area contributed by atoms with Gasteiger partial charge in [0.25, 0.3) is 0 Å². The van der Waals surface area contributed by atoms with Crippen LogP contribution in [0.25, 0.3) is 0 Å². The highest BCUT2D eigenvalue weighted by Gasteiger charge is 2.24. The molecule has 20 heavy (non-hydrogen) atoms. The molecule has 2 N–H and O–H groups in total. The van der Waals surface area contributed by atoms with Crippen LogP contribution in [0.15, 0.2) is 6.07 Å². The van der Waals surface area contributed by atoms with Crippen molar-refractivity contribution in [1.82, 2.24) is 0 Å². The van der Waals surface area contributed by atoms with Gasteiger partial charge in [-0.25, -0.2) is 9.59 Å². The van der Waals surface area contributed by atoms with Crippen LogP contribution in [0.3, 0.4) is 0 Å². The molecule has 0 aromatic heterocycles. The van der Waals surface area contributed by atoms with Gasteiger partial charge in [-0.1, -0.05) is 27.2 Å². The summed E-state index contributed by atoms with van der Waals surface area (Å²) in [7, 11) is 0. The number of benzene rings is 1. The maximum absolute atomic E-state index is 11.5. The van der Waals surface area contributed by atoms with Gasteiger partial charge in [0.2, 0.25) is 0 Å². The van der Waals surface area contributed by atoms with E-state index in [-0.39, 0.29) is 11.1 Å². The minimum absolute atomic E-state index is 0.0278. The zero-order valence-electron chi connectivity index (χ0n) is 12.3. The first-order valence-electron chi connectivity index (χ1n) is 7.11. The lowest BCUT2D eigenvalue weighted by molar-refractivity contribution is 0.0650. The van der Waals surface area contributed by atoms with E-state index < -0.39 is 11.9 Å². The maximum atomic E-state index is 11.5. The fourth-order valence-electron chi connectivity index (χ4n) is 2.64. The standard InChI is InChI=1S/C16H22O4/c1-4-7-8-12-11(6-3)10(5-2)9-13(15(17)18)14(12)16(19)20/h9H,4-8H2,1-3H3,(H,17,18)(H,19,20). The van der Waals surface area contributed by atoms with Crippen molar-refractivity contribution in [3.8, 4) is 0 Å². The fraction of sp³-hybridized carbons (Fsp3) is 0.500. The van der Waals surface area contributed by atoms with Gasteiger partial charge in [-0.05, 0) is 48.4 Å². The van der Waals surface area contributed by atoms with Gasteiger partial charge < -0.3 is 10.2 Å². The molecule has 0 atom stereocenters. The van der Waals surface area contributed by atoms with Crippen LogP contribution in [0.4, 0.5) is 0 Å². The van der Waals surface area contributed by atoms with E-state index >= 15 is 0 Å². The van der Waals surface area contributed by atoms with Gasteiger partial charge >= 0.3 is 11.9 Å². The van der Waals surface area contributed by atoms with Crippen LogP contribution in [0.5, 0.6) is 0 Å². The van der Waals surface area contributed by atoms with E-state index in [1.54, 1.807) is 0 Å². The maximum Gasteiger partial charge on any atom is 0.336 e. The zero-order valence-corrected chi connectivity index (χ0v) is 12.3. The number of unbranched alkanes of at least 4 members (excludes halogenated alkanes) is 1. The van der Waals surface area contributed by atoms with Crippen LogP contribution in [0, 0.1) is 0 Å². The van der Waals surface area contributed by atoms with Crippen LogP contribution in [-0.4, -0.2) is 22.2 Å². The van der Waals surface area contributed by atoms with Crippen molar-refractivity contribution < 1.29 is 19.8 Å². The lowest BCUT2D eigenvalue weighted by atomic mass is 9.86. The molecule has 0 aliphatic rings. The summed E-state index contributed by atoms with van der Waals surface area (Å²) in [4.78, 5) is 22.9. The number of hydrogen-bond acceptors (Lipinski definition) is 2. The first-order valence-corrected chi connectivity index (χ1v) is 7.11. The topological polar surface area (TPSA) is 74.6 Å². The minimum Gasteiger partial charge on any atom is -0.478 e. The zero-order chi connectivity index (χ0) is 15.3. The third kappa shape index (κ3) is 3.18.